The highest BCUT2D eigenvalue weighted by Gasteiger charge is 2.32. The van der Waals surface area contributed by atoms with Gasteiger partial charge in [-0.2, -0.15) is 0 Å². The lowest BCUT2D eigenvalue weighted by Crippen LogP contribution is -2.60. The van der Waals surface area contributed by atoms with Crippen molar-refractivity contribution in [3.63, 3.8) is 0 Å². The smallest absolute Gasteiger partial charge is 0.222 e. The molecule has 1 amide bonds. The molecule has 1 atom stereocenters. The summed E-state index contributed by atoms with van der Waals surface area (Å²) in [5, 5.41) is 4.23. The molecular formula is C22H34N4O2S. The number of carbonyl (C=O) groups excluding carboxylic acids is 1. The topological polar surface area (TPSA) is 48.1 Å². The van der Waals surface area contributed by atoms with Crippen LogP contribution in [0.25, 0.3) is 0 Å². The van der Waals surface area contributed by atoms with Gasteiger partial charge in [0.2, 0.25) is 5.91 Å². The maximum atomic E-state index is 12.7. The van der Waals surface area contributed by atoms with Gasteiger partial charge in [-0.05, 0) is 58.0 Å². The lowest BCUT2D eigenvalue weighted by molar-refractivity contribution is -0.131. The molecule has 2 saturated heterocycles. The normalized spacial score (nSPS) is 21.7. The average molecular weight is 419 g/mol. The minimum atomic E-state index is 0.0469. The molecule has 0 bridgehead atoms. The first-order chi connectivity index (χ1) is 13.8. The van der Waals surface area contributed by atoms with Crippen molar-refractivity contribution in [2.24, 2.45) is 0 Å². The summed E-state index contributed by atoms with van der Waals surface area (Å²) in [4.78, 5) is 19.2. The van der Waals surface area contributed by atoms with Crippen molar-refractivity contribution in [3.8, 4) is 5.75 Å². The van der Waals surface area contributed by atoms with E-state index in [4.69, 9.17) is 17.0 Å². The van der Waals surface area contributed by atoms with Crippen molar-refractivity contribution in [1.82, 2.24) is 15.1 Å². The molecule has 0 aliphatic carbocycles. The molecule has 1 N–H and O–H groups in total. The highest BCUT2D eigenvalue weighted by Crippen LogP contribution is 2.24. The number of hydrogen-bond acceptors (Lipinski definition) is 4. The Morgan fingerprint density at radius 2 is 2.00 bits per heavy atom. The zero-order valence-corrected chi connectivity index (χ0v) is 18.9. The van der Waals surface area contributed by atoms with Crippen LogP contribution in [0.2, 0.25) is 0 Å². The molecule has 2 aliphatic rings. The van der Waals surface area contributed by atoms with E-state index in [1.165, 1.54) is 0 Å². The molecule has 1 aromatic carbocycles. The zero-order valence-electron chi connectivity index (χ0n) is 18.1. The van der Waals surface area contributed by atoms with Crippen molar-refractivity contribution in [2.75, 3.05) is 44.7 Å². The van der Waals surface area contributed by atoms with Crippen molar-refractivity contribution in [2.45, 2.75) is 51.6 Å². The highest BCUT2D eigenvalue weighted by molar-refractivity contribution is 7.80. The number of carbonyl (C=O) groups is 1. The van der Waals surface area contributed by atoms with Gasteiger partial charge in [-0.25, -0.2) is 0 Å². The minimum absolute atomic E-state index is 0.0469. The molecule has 0 radical (unpaired) electrons. The van der Waals surface area contributed by atoms with Crippen LogP contribution in [0.15, 0.2) is 24.3 Å². The van der Waals surface area contributed by atoms with E-state index < -0.39 is 0 Å². The maximum Gasteiger partial charge on any atom is 0.222 e. The van der Waals surface area contributed by atoms with E-state index in [9.17, 15) is 4.79 Å². The number of benzene rings is 1. The first-order valence-electron chi connectivity index (χ1n) is 10.5. The molecule has 6 nitrogen and oxygen atoms in total. The molecule has 0 saturated carbocycles. The van der Waals surface area contributed by atoms with E-state index in [1.54, 1.807) is 7.11 Å². The fourth-order valence-corrected chi connectivity index (χ4v) is 4.91. The lowest BCUT2D eigenvalue weighted by Gasteiger charge is -2.45. The maximum absolute atomic E-state index is 12.7. The van der Waals surface area contributed by atoms with Crippen molar-refractivity contribution in [1.29, 1.82) is 0 Å². The Hall–Kier alpha value is -2.02. The summed E-state index contributed by atoms with van der Waals surface area (Å²) >= 11 is 5.54. The number of nitrogens with one attached hydrogen (secondary N) is 1. The molecular weight excluding hydrogens is 384 g/mol. The summed E-state index contributed by atoms with van der Waals surface area (Å²) in [5.74, 6) is 1.11. The number of anilines is 1. The molecule has 1 aromatic rings. The fraction of sp³-hybridized carbons (Fsp3) is 0.636. The Bertz CT molecular complexity index is 731. The third kappa shape index (κ3) is 5.53. The van der Waals surface area contributed by atoms with Crippen LogP contribution in [0.1, 0.15) is 40.0 Å². The fourth-order valence-electron chi connectivity index (χ4n) is 4.36. The van der Waals surface area contributed by atoms with Crippen LogP contribution in [-0.2, 0) is 4.79 Å². The van der Waals surface area contributed by atoms with Crippen LogP contribution in [0.5, 0.6) is 5.75 Å². The summed E-state index contributed by atoms with van der Waals surface area (Å²) in [6.07, 6.45) is 2.46. The summed E-state index contributed by atoms with van der Waals surface area (Å²) in [7, 11) is 1.68. The van der Waals surface area contributed by atoms with Gasteiger partial charge in [-0.1, -0.05) is 6.07 Å². The molecule has 3 rings (SSSR count). The third-order valence-electron chi connectivity index (χ3n) is 5.88. The second-order valence-electron chi connectivity index (χ2n) is 8.73. The van der Waals surface area contributed by atoms with Gasteiger partial charge in [-0.15, -0.1) is 0 Å². The lowest BCUT2D eigenvalue weighted by atomic mass is 9.93. The molecule has 160 valence electrons. The van der Waals surface area contributed by atoms with E-state index in [-0.39, 0.29) is 11.4 Å². The Kier molecular flexibility index (Phi) is 6.88. The van der Waals surface area contributed by atoms with Crippen molar-refractivity contribution < 1.29 is 9.53 Å². The Morgan fingerprint density at radius 3 is 2.66 bits per heavy atom. The predicted octanol–water partition coefficient (Wildman–Crippen LogP) is 2.87. The first-order valence-corrected chi connectivity index (χ1v) is 11.0. The molecule has 0 unspecified atom stereocenters. The van der Waals surface area contributed by atoms with Crippen LogP contribution in [0, 0.1) is 0 Å². The van der Waals surface area contributed by atoms with Crippen LogP contribution >= 0.6 is 12.2 Å². The molecule has 29 heavy (non-hydrogen) atoms. The monoisotopic (exact) mass is 418 g/mol. The van der Waals surface area contributed by atoms with Gasteiger partial charge in [-0.3, -0.25) is 4.79 Å². The van der Waals surface area contributed by atoms with Crippen LogP contribution in [0.3, 0.4) is 0 Å². The van der Waals surface area contributed by atoms with Gasteiger partial charge >= 0.3 is 0 Å². The number of hydrogen-bond donors (Lipinski definition) is 1. The molecule has 2 heterocycles. The van der Waals surface area contributed by atoms with Gasteiger partial charge in [0, 0.05) is 62.5 Å². The quantitative estimate of drug-likeness (QED) is 0.717. The van der Waals surface area contributed by atoms with Gasteiger partial charge < -0.3 is 24.8 Å². The van der Waals surface area contributed by atoms with E-state index in [1.807, 2.05) is 17.0 Å². The summed E-state index contributed by atoms with van der Waals surface area (Å²) in [5.41, 5.74) is 1.20. The van der Waals surface area contributed by atoms with Gasteiger partial charge in [0.1, 0.15) is 5.75 Å². The van der Waals surface area contributed by atoms with Crippen molar-refractivity contribution >= 4 is 28.9 Å². The number of nitrogens with zero attached hydrogens (tertiary/aromatic N) is 3. The summed E-state index contributed by atoms with van der Waals surface area (Å²) in [6, 6.07) is 8.51. The van der Waals surface area contributed by atoms with E-state index in [0.29, 0.717) is 12.5 Å². The van der Waals surface area contributed by atoms with Crippen LogP contribution in [0.4, 0.5) is 5.69 Å². The van der Waals surface area contributed by atoms with E-state index >= 15 is 0 Å². The van der Waals surface area contributed by atoms with Gasteiger partial charge in [0.25, 0.3) is 0 Å². The number of methoxy groups -OCH3 is 1. The van der Waals surface area contributed by atoms with Gasteiger partial charge in [0.15, 0.2) is 5.11 Å². The number of ether oxygens (including phenoxy) is 1. The van der Waals surface area contributed by atoms with E-state index in [2.05, 4.69) is 48.0 Å². The Balaban J connectivity index is 1.42. The second kappa shape index (κ2) is 9.20. The number of amides is 1. The van der Waals surface area contributed by atoms with Gasteiger partial charge in [0.05, 0.1) is 7.11 Å². The van der Waals surface area contributed by atoms with Crippen LogP contribution < -0.4 is 15.0 Å². The molecule has 0 spiro atoms. The summed E-state index contributed by atoms with van der Waals surface area (Å²) in [6.45, 7) is 10.7. The molecule has 7 heteroatoms. The Labute approximate surface area is 180 Å². The average Bonchev–Trinajstić information content (AvgIpc) is 2.69. The number of piperazine rings is 1. The first kappa shape index (κ1) is 21.7. The predicted molar refractivity (Wildman–Crippen MR) is 122 cm³/mol. The number of rotatable bonds is 6. The van der Waals surface area contributed by atoms with Crippen molar-refractivity contribution in [3.05, 3.63) is 24.3 Å². The molecule has 0 aromatic heterocycles. The van der Waals surface area contributed by atoms with Crippen LogP contribution in [-0.4, -0.2) is 72.2 Å². The minimum Gasteiger partial charge on any atom is -0.497 e. The standard InChI is InChI=1S/C22H34N4O2S/c1-17-16-22(2,3)23-21(29)26(17)10-6-9-20(27)25-13-11-24(12-14-25)18-7-5-8-19(15-18)28-4/h5,7-8,15,17H,6,9-14,16H2,1-4H3,(H,23,29)/t17-/m1/s1. The Morgan fingerprint density at radius 1 is 1.28 bits per heavy atom. The zero-order chi connectivity index (χ0) is 21.0. The SMILES string of the molecule is COc1cccc(N2CCN(C(=O)CCCN3C(=S)NC(C)(C)C[C@H]3C)CC2)c1. The highest BCUT2D eigenvalue weighted by atomic mass is 32.1. The second-order valence-corrected chi connectivity index (χ2v) is 9.12. The molecule has 2 aliphatic heterocycles. The largest absolute Gasteiger partial charge is 0.497 e. The van der Waals surface area contributed by atoms with E-state index in [0.717, 1.165) is 62.1 Å². The number of thiocarbonyl (C=S) groups is 1. The molecule has 2 fully saturated rings. The summed E-state index contributed by atoms with van der Waals surface area (Å²) < 4.78 is 5.32. The third-order valence-corrected chi connectivity index (χ3v) is 6.22.